The third kappa shape index (κ3) is 6.42. The van der Waals surface area contributed by atoms with Crippen LogP contribution in [-0.2, 0) is 0 Å². The molecule has 0 aliphatic heterocycles. The summed E-state index contributed by atoms with van der Waals surface area (Å²) in [6.07, 6.45) is 1.99. The highest BCUT2D eigenvalue weighted by Crippen LogP contribution is 2.16. The van der Waals surface area contributed by atoms with E-state index in [0.29, 0.717) is 0 Å². The Morgan fingerprint density at radius 1 is 0.762 bits per heavy atom. The lowest BCUT2D eigenvalue weighted by Gasteiger charge is -2.07. The van der Waals surface area contributed by atoms with Crippen LogP contribution >= 0.6 is 15.9 Å². The zero-order valence-electron chi connectivity index (χ0n) is 12.8. The summed E-state index contributed by atoms with van der Waals surface area (Å²) >= 11 is 3.38. The number of hydrogen-bond acceptors (Lipinski definition) is 2. The minimum absolute atomic E-state index is 0.183. The molecule has 114 valence electrons. The van der Waals surface area contributed by atoms with Gasteiger partial charge >= 0.3 is 0 Å². The number of halogens is 1. The smallest absolute Gasteiger partial charge is 0.0292 e. The van der Waals surface area contributed by atoms with Crippen LogP contribution in [0.4, 0.5) is 0 Å². The first kappa shape index (κ1) is 17.9. The second-order valence-corrected chi connectivity index (χ2v) is 5.91. The average Bonchev–Trinajstić information content (AvgIpc) is 2.55. The minimum atomic E-state index is 0.183. The normalized spacial score (nSPS) is 13.0. The van der Waals surface area contributed by atoms with Crippen LogP contribution in [0.2, 0.25) is 0 Å². The lowest BCUT2D eigenvalue weighted by molar-refractivity contribution is 0.698. The highest BCUT2D eigenvalue weighted by Gasteiger charge is 2.01. The van der Waals surface area contributed by atoms with E-state index in [1.807, 2.05) is 30.3 Å². The molecule has 0 aliphatic carbocycles. The van der Waals surface area contributed by atoms with Gasteiger partial charge in [-0.05, 0) is 36.1 Å². The monoisotopic (exact) mass is 348 g/mol. The predicted molar refractivity (Wildman–Crippen MR) is 95.0 cm³/mol. The summed E-state index contributed by atoms with van der Waals surface area (Å²) in [5.41, 5.74) is 14.1. The predicted octanol–water partition coefficient (Wildman–Crippen LogP) is 4.96. The molecule has 0 radical (unpaired) electrons. The van der Waals surface area contributed by atoms with Crippen LogP contribution in [0.1, 0.15) is 49.9 Å². The van der Waals surface area contributed by atoms with Crippen molar-refractivity contribution in [2.24, 2.45) is 11.5 Å². The molecule has 4 N–H and O–H groups in total. The molecule has 0 aliphatic rings. The van der Waals surface area contributed by atoms with Gasteiger partial charge in [-0.15, -0.1) is 0 Å². The van der Waals surface area contributed by atoms with Crippen LogP contribution in [0.5, 0.6) is 0 Å². The average molecular weight is 349 g/mol. The molecule has 0 spiro atoms. The Balaban J connectivity index is 0.000000211. The van der Waals surface area contributed by atoms with E-state index >= 15 is 0 Å². The number of nitrogens with two attached hydrogens (primary N) is 2. The third-order valence-electron chi connectivity index (χ3n) is 3.41. The van der Waals surface area contributed by atoms with Crippen molar-refractivity contribution >= 4 is 15.9 Å². The molecule has 0 amide bonds. The maximum Gasteiger partial charge on any atom is 0.0292 e. The fourth-order valence-electron chi connectivity index (χ4n) is 1.88. The third-order valence-corrected chi connectivity index (χ3v) is 3.93. The van der Waals surface area contributed by atoms with Gasteiger partial charge in [-0.1, -0.05) is 72.2 Å². The number of benzene rings is 2. The molecule has 0 bridgehead atoms. The van der Waals surface area contributed by atoms with Gasteiger partial charge in [-0.3, -0.25) is 0 Å². The minimum Gasteiger partial charge on any atom is -0.324 e. The zero-order chi connectivity index (χ0) is 15.7. The Kier molecular flexibility index (Phi) is 8.28. The Morgan fingerprint density at radius 2 is 1.19 bits per heavy atom. The molecule has 2 nitrogen and oxygen atoms in total. The molecule has 0 aromatic heterocycles. The van der Waals surface area contributed by atoms with Crippen molar-refractivity contribution in [3.05, 3.63) is 70.2 Å². The van der Waals surface area contributed by atoms with Gasteiger partial charge in [-0.2, -0.15) is 0 Å². The summed E-state index contributed by atoms with van der Waals surface area (Å²) in [5.74, 6) is 0. The lowest BCUT2D eigenvalue weighted by Crippen LogP contribution is -2.07. The first-order valence-corrected chi connectivity index (χ1v) is 8.19. The number of rotatable bonds is 4. The van der Waals surface area contributed by atoms with Gasteiger partial charge in [0.05, 0.1) is 0 Å². The van der Waals surface area contributed by atoms with E-state index in [9.17, 15) is 0 Å². The molecular weight excluding hydrogens is 324 g/mol. The fraction of sp³-hybridized carbons (Fsp3) is 0.333. The topological polar surface area (TPSA) is 52.0 Å². The van der Waals surface area contributed by atoms with E-state index < -0.39 is 0 Å². The molecule has 2 rings (SSSR count). The quantitative estimate of drug-likeness (QED) is 0.820. The van der Waals surface area contributed by atoms with E-state index in [4.69, 9.17) is 11.5 Å². The second kappa shape index (κ2) is 9.72. The van der Waals surface area contributed by atoms with Crippen molar-refractivity contribution in [3.8, 4) is 0 Å². The van der Waals surface area contributed by atoms with E-state index in [1.165, 1.54) is 11.1 Å². The summed E-state index contributed by atoms with van der Waals surface area (Å²) in [7, 11) is 0. The maximum absolute atomic E-state index is 5.83. The Morgan fingerprint density at radius 3 is 1.62 bits per heavy atom. The van der Waals surface area contributed by atoms with E-state index in [0.717, 1.165) is 17.3 Å². The molecular formula is C18H25BrN2. The molecule has 2 aromatic rings. The highest BCUT2D eigenvalue weighted by atomic mass is 79.9. The van der Waals surface area contributed by atoms with Crippen molar-refractivity contribution in [2.45, 2.75) is 38.8 Å². The van der Waals surface area contributed by atoms with Crippen LogP contribution in [0.25, 0.3) is 0 Å². The Hall–Kier alpha value is -1.16. The van der Waals surface area contributed by atoms with Crippen molar-refractivity contribution in [1.82, 2.24) is 0 Å². The van der Waals surface area contributed by atoms with Crippen molar-refractivity contribution in [3.63, 3.8) is 0 Å². The summed E-state index contributed by atoms with van der Waals surface area (Å²) in [6, 6.07) is 18.7. The van der Waals surface area contributed by atoms with Gasteiger partial charge in [0, 0.05) is 16.6 Å². The van der Waals surface area contributed by atoms with Crippen LogP contribution in [0.3, 0.4) is 0 Å². The first-order valence-electron chi connectivity index (χ1n) is 7.40. The van der Waals surface area contributed by atoms with Gasteiger partial charge in [-0.25, -0.2) is 0 Å². The molecule has 0 saturated carbocycles. The molecule has 0 fully saturated rings. The second-order valence-electron chi connectivity index (χ2n) is 4.99. The van der Waals surface area contributed by atoms with Gasteiger partial charge in [0.15, 0.2) is 0 Å². The van der Waals surface area contributed by atoms with Gasteiger partial charge < -0.3 is 11.5 Å². The number of hydrogen-bond donors (Lipinski definition) is 2. The van der Waals surface area contributed by atoms with Crippen molar-refractivity contribution in [2.75, 3.05) is 0 Å². The maximum atomic E-state index is 5.83. The summed E-state index contributed by atoms with van der Waals surface area (Å²) in [4.78, 5) is 0. The van der Waals surface area contributed by atoms with Crippen LogP contribution in [0, 0.1) is 0 Å². The molecule has 2 aromatic carbocycles. The standard InChI is InChI=1S/C9H12BrN.C9H13N/c1-2-9(11)7-3-5-8(10)6-4-7;1-2-9(10)8-6-4-3-5-7-8/h3-6,9H,2,11H2,1H3;3-7,9H,2,10H2,1H3. The van der Waals surface area contributed by atoms with Crippen LogP contribution < -0.4 is 11.5 Å². The summed E-state index contributed by atoms with van der Waals surface area (Å²) in [6.45, 7) is 4.18. The van der Waals surface area contributed by atoms with Crippen molar-refractivity contribution in [1.29, 1.82) is 0 Å². The summed E-state index contributed by atoms with van der Waals surface area (Å²) in [5, 5.41) is 0. The summed E-state index contributed by atoms with van der Waals surface area (Å²) < 4.78 is 1.10. The Bertz CT molecular complexity index is 496. The van der Waals surface area contributed by atoms with Gasteiger partial charge in [0.1, 0.15) is 0 Å². The molecule has 0 heterocycles. The van der Waals surface area contributed by atoms with E-state index in [2.05, 4.69) is 54.0 Å². The molecule has 2 atom stereocenters. The van der Waals surface area contributed by atoms with Gasteiger partial charge in [0.25, 0.3) is 0 Å². The molecule has 0 saturated heterocycles. The fourth-order valence-corrected chi connectivity index (χ4v) is 2.15. The molecule has 21 heavy (non-hydrogen) atoms. The van der Waals surface area contributed by atoms with Crippen LogP contribution in [-0.4, -0.2) is 0 Å². The first-order chi connectivity index (χ1) is 10.1. The zero-order valence-corrected chi connectivity index (χ0v) is 14.4. The highest BCUT2D eigenvalue weighted by molar-refractivity contribution is 9.10. The van der Waals surface area contributed by atoms with Crippen molar-refractivity contribution < 1.29 is 0 Å². The SMILES string of the molecule is CCC(N)c1ccc(Br)cc1.CCC(N)c1ccccc1. The van der Waals surface area contributed by atoms with Crippen LogP contribution in [0.15, 0.2) is 59.1 Å². The Labute approximate surface area is 136 Å². The van der Waals surface area contributed by atoms with E-state index in [1.54, 1.807) is 0 Å². The lowest BCUT2D eigenvalue weighted by atomic mass is 10.1. The largest absolute Gasteiger partial charge is 0.324 e. The molecule has 3 heteroatoms. The van der Waals surface area contributed by atoms with E-state index in [-0.39, 0.29) is 12.1 Å². The van der Waals surface area contributed by atoms with Gasteiger partial charge in [0.2, 0.25) is 0 Å². The molecule has 2 unspecified atom stereocenters.